The van der Waals surface area contributed by atoms with Crippen molar-refractivity contribution in [1.82, 2.24) is 5.32 Å². The monoisotopic (exact) mass is 215 g/mol. The molecule has 1 aliphatic carbocycles. The molecule has 86 valence electrons. The van der Waals surface area contributed by atoms with E-state index in [1.165, 1.54) is 0 Å². The predicted octanol–water partition coefficient (Wildman–Crippen LogP) is 1.37. The van der Waals surface area contributed by atoms with Gasteiger partial charge in [0.15, 0.2) is 0 Å². The van der Waals surface area contributed by atoms with Gasteiger partial charge < -0.3 is 15.2 Å². The van der Waals surface area contributed by atoms with Crippen LogP contribution in [0, 0.1) is 5.92 Å². The molecule has 0 aliphatic heterocycles. The Kier molecular flexibility index (Phi) is 3.21. The first kappa shape index (κ1) is 11.8. The number of rotatable bonds is 4. The molecule has 0 aromatic carbocycles. The van der Waals surface area contributed by atoms with Crippen LogP contribution in [0.25, 0.3) is 0 Å². The number of carboxylic acids is 1. The third-order valence-electron chi connectivity index (χ3n) is 2.50. The van der Waals surface area contributed by atoms with E-state index in [-0.39, 0.29) is 11.5 Å². The second-order valence-corrected chi connectivity index (χ2v) is 4.54. The lowest BCUT2D eigenvalue weighted by Crippen LogP contribution is -2.45. The van der Waals surface area contributed by atoms with E-state index in [1.807, 2.05) is 6.92 Å². The lowest BCUT2D eigenvalue weighted by Gasteiger charge is -2.19. The number of carbonyl (C=O) groups excluding carboxylic acids is 1. The van der Waals surface area contributed by atoms with Crippen molar-refractivity contribution in [2.24, 2.45) is 5.92 Å². The van der Waals surface area contributed by atoms with E-state index in [0.29, 0.717) is 0 Å². The Bertz CT molecular complexity index is 271. The molecule has 0 aromatic heterocycles. The molecule has 1 saturated carbocycles. The number of carboxylic acid groups (broad SMARTS) is 1. The van der Waals surface area contributed by atoms with Crippen molar-refractivity contribution in [1.29, 1.82) is 0 Å². The number of ether oxygens (including phenoxy) is 1. The highest BCUT2D eigenvalue weighted by atomic mass is 16.6. The fourth-order valence-corrected chi connectivity index (χ4v) is 1.17. The van der Waals surface area contributed by atoms with Crippen LogP contribution < -0.4 is 5.32 Å². The maximum Gasteiger partial charge on any atom is 0.408 e. The van der Waals surface area contributed by atoms with Gasteiger partial charge in [0.05, 0.1) is 0 Å². The highest BCUT2D eigenvalue weighted by Crippen LogP contribution is 2.38. The number of hydrogen-bond acceptors (Lipinski definition) is 3. The molecule has 15 heavy (non-hydrogen) atoms. The Morgan fingerprint density at radius 3 is 2.27 bits per heavy atom. The van der Waals surface area contributed by atoms with Crippen LogP contribution >= 0.6 is 0 Å². The van der Waals surface area contributed by atoms with Crippen LogP contribution in [0.4, 0.5) is 4.79 Å². The summed E-state index contributed by atoms with van der Waals surface area (Å²) in [6.45, 7) is 5.30. The van der Waals surface area contributed by atoms with Crippen LogP contribution in [-0.2, 0) is 9.53 Å². The molecule has 0 saturated heterocycles. The fraction of sp³-hybridized carbons (Fsp3) is 0.800. The van der Waals surface area contributed by atoms with Gasteiger partial charge in [-0.25, -0.2) is 9.59 Å². The third-order valence-corrected chi connectivity index (χ3v) is 2.50. The van der Waals surface area contributed by atoms with E-state index in [0.717, 1.165) is 12.8 Å². The summed E-state index contributed by atoms with van der Waals surface area (Å²) in [7, 11) is 0. The normalized spacial score (nSPS) is 19.5. The van der Waals surface area contributed by atoms with E-state index in [9.17, 15) is 9.59 Å². The zero-order valence-electron chi connectivity index (χ0n) is 9.24. The highest BCUT2D eigenvalue weighted by molar-refractivity contribution is 5.80. The zero-order valence-corrected chi connectivity index (χ0v) is 9.24. The van der Waals surface area contributed by atoms with Crippen LogP contribution in [0.2, 0.25) is 0 Å². The van der Waals surface area contributed by atoms with E-state index in [4.69, 9.17) is 9.84 Å². The zero-order chi connectivity index (χ0) is 11.6. The average molecular weight is 215 g/mol. The molecular weight excluding hydrogens is 198 g/mol. The van der Waals surface area contributed by atoms with Gasteiger partial charge in [-0.1, -0.05) is 13.8 Å². The molecule has 1 amide bonds. The van der Waals surface area contributed by atoms with Crippen molar-refractivity contribution < 1.29 is 19.4 Å². The summed E-state index contributed by atoms with van der Waals surface area (Å²) >= 11 is 0. The predicted molar refractivity (Wildman–Crippen MR) is 53.5 cm³/mol. The molecule has 0 spiro atoms. The third kappa shape index (κ3) is 3.42. The minimum atomic E-state index is -1.04. The van der Waals surface area contributed by atoms with Gasteiger partial charge in [-0.15, -0.1) is 0 Å². The highest BCUT2D eigenvalue weighted by Gasteiger charge is 2.42. The topological polar surface area (TPSA) is 75.6 Å². The van der Waals surface area contributed by atoms with Crippen LogP contribution in [0.15, 0.2) is 0 Å². The minimum Gasteiger partial charge on any atom is -0.480 e. The van der Waals surface area contributed by atoms with Crippen LogP contribution in [0.5, 0.6) is 0 Å². The Labute approximate surface area is 88.8 Å². The summed E-state index contributed by atoms with van der Waals surface area (Å²) in [6.07, 6.45) is 1.05. The lowest BCUT2D eigenvalue weighted by molar-refractivity contribution is -0.140. The Hall–Kier alpha value is -1.26. The number of nitrogens with one attached hydrogen (secondary N) is 1. The van der Waals surface area contributed by atoms with Crippen molar-refractivity contribution in [2.75, 3.05) is 0 Å². The SMILES string of the molecule is CC(C)C(NC(=O)OC1(C)CC1)C(=O)O. The maximum absolute atomic E-state index is 11.3. The van der Waals surface area contributed by atoms with Gasteiger partial charge in [0.2, 0.25) is 0 Å². The van der Waals surface area contributed by atoms with Crippen molar-refractivity contribution >= 4 is 12.1 Å². The first-order valence-electron chi connectivity index (χ1n) is 5.06. The number of alkyl carbamates (subject to hydrolysis) is 1. The average Bonchev–Trinajstić information content (AvgIpc) is 2.78. The van der Waals surface area contributed by atoms with Crippen molar-refractivity contribution in [3.05, 3.63) is 0 Å². The van der Waals surface area contributed by atoms with Gasteiger partial charge in [-0.3, -0.25) is 0 Å². The summed E-state index contributed by atoms with van der Waals surface area (Å²) in [5.41, 5.74) is -0.371. The summed E-state index contributed by atoms with van der Waals surface area (Å²) in [5.74, 6) is -1.20. The van der Waals surface area contributed by atoms with Gasteiger partial charge in [0, 0.05) is 0 Å². The van der Waals surface area contributed by atoms with Crippen LogP contribution in [-0.4, -0.2) is 28.8 Å². The van der Waals surface area contributed by atoms with Crippen molar-refractivity contribution in [2.45, 2.75) is 45.3 Å². The smallest absolute Gasteiger partial charge is 0.408 e. The molecule has 1 fully saturated rings. The van der Waals surface area contributed by atoms with Crippen LogP contribution in [0.1, 0.15) is 33.6 Å². The van der Waals surface area contributed by atoms with Gasteiger partial charge in [-0.2, -0.15) is 0 Å². The molecule has 1 rings (SSSR count). The van der Waals surface area contributed by atoms with E-state index < -0.39 is 18.1 Å². The van der Waals surface area contributed by atoms with Gasteiger partial charge in [0.1, 0.15) is 11.6 Å². The summed E-state index contributed by atoms with van der Waals surface area (Å²) < 4.78 is 5.07. The summed E-state index contributed by atoms with van der Waals surface area (Å²) in [5, 5.41) is 11.2. The number of hydrogen-bond donors (Lipinski definition) is 2. The van der Waals surface area contributed by atoms with E-state index in [1.54, 1.807) is 13.8 Å². The Morgan fingerprint density at radius 1 is 1.40 bits per heavy atom. The molecule has 1 aliphatic rings. The molecule has 0 aromatic rings. The molecule has 0 bridgehead atoms. The summed E-state index contributed by atoms with van der Waals surface area (Å²) in [6, 6.07) is -0.889. The van der Waals surface area contributed by atoms with E-state index in [2.05, 4.69) is 5.32 Å². The quantitative estimate of drug-likeness (QED) is 0.742. The number of amides is 1. The Morgan fingerprint density at radius 2 is 1.93 bits per heavy atom. The standard InChI is InChI=1S/C10H17NO4/c1-6(2)7(8(12)13)11-9(14)15-10(3)4-5-10/h6-7H,4-5H2,1-3H3,(H,11,14)(H,12,13). The molecule has 1 atom stereocenters. The van der Waals surface area contributed by atoms with Crippen LogP contribution in [0.3, 0.4) is 0 Å². The molecule has 5 nitrogen and oxygen atoms in total. The second-order valence-electron chi connectivity index (χ2n) is 4.54. The Balaban J connectivity index is 2.44. The first-order chi connectivity index (χ1) is 6.84. The van der Waals surface area contributed by atoms with Gasteiger partial charge >= 0.3 is 12.1 Å². The number of carbonyl (C=O) groups is 2. The second kappa shape index (κ2) is 4.08. The number of aliphatic carboxylic acids is 1. The largest absolute Gasteiger partial charge is 0.480 e. The van der Waals surface area contributed by atoms with Gasteiger partial charge in [0.25, 0.3) is 0 Å². The minimum absolute atomic E-state index is 0.165. The van der Waals surface area contributed by atoms with Gasteiger partial charge in [-0.05, 0) is 25.7 Å². The van der Waals surface area contributed by atoms with E-state index >= 15 is 0 Å². The lowest BCUT2D eigenvalue weighted by atomic mass is 10.1. The van der Waals surface area contributed by atoms with Crippen molar-refractivity contribution in [3.8, 4) is 0 Å². The fourth-order valence-electron chi connectivity index (χ4n) is 1.17. The summed E-state index contributed by atoms with van der Waals surface area (Å²) in [4.78, 5) is 22.1. The molecule has 0 heterocycles. The maximum atomic E-state index is 11.3. The molecular formula is C10H17NO4. The molecule has 1 unspecified atom stereocenters. The molecule has 0 radical (unpaired) electrons. The van der Waals surface area contributed by atoms with Crippen molar-refractivity contribution in [3.63, 3.8) is 0 Å². The molecule has 2 N–H and O–H groups in total. The molecule has 5 heteroatoms. The first-order valence-corrected chi connectivity index (χ1v) is 5.06.